The summed E-state index contributed by atoms with van der Waals surface area (Å²) in [4.78, 5) is 19.9. The molecule has 1 saturated heterocycles. The first-order chi connectivity index (χ1) is 11.7. The summed E-state index contributed by atoms with van der Waals surface area (Å²) in [5.41, 5.74) is 0. The Morgan fingerprint density at radius 3 is 2.44 bits per heavy atom. The molecule has 0 radical (unpaired) electrons. The van der Waals surface area contributed by atoms with Gasteiger partial charge in [0.2, 0.25) is 5.91 Å². The molecular weight excluding hydrogens is 340 g/mol. The molecule has 1 saturated carbocycles. The van der Waals surface area contributed by atoms with Gasteiger partial charge in [0.15, 0.2) is 15.8 Å². The fraction of sp³-hybridized carbons (Fsp3) is 0.882. The van der Waals surface area contributed by atoms with E-state index in [4.69, 9.17) is 0 Å². The Morgan fingerprint density at radius 1 is 1.24 bits per heavy atom. The lowest BCUT2D eigenvalue weighted by Gasteiger charge is -2.45. The number of carbonyl (C=O) groups excluding carboxylic acids is 1. The first-order valence-electron chi connectivity index (χ1n) is 9.15. The quantitative estimate of drug-likeness (QED) is 0.587. The minimum atomic E-state index is -3.09. The predicted octanol–water partition coefficient (Wildman–Crippen LogP) is 0.862. The van der Waals surface area contributed by atoms with Crippen LogP contribution < -0.4 is 5.32 Å². The van der Waals surface area contributed by atoms with Gasteiger partial charge in [0.25, 0.3) is 0 Å². The van der Waals surface area contributed by atoms with E-state index in [1.54, 1.807) is 14.1 Å². The van der Waals surface area contributed by atoms with Crippen molar-refractivity contribution < 1.29 is 13.2 Å². The topological polar surface area (TPSA) is 82.1 Å². The third-order valence-corrected chi connectivity index (χ3v) is 7.69. The standard InChI is InChI=1S/C17H32N4O3S/c1-14(2)19-16(18-12-15(22)20(3)4)21-10-11-25(23,24)17(13-21)8-6-5-7-9-17/h14H,5-13H2,1-4H3,(H,18,19). The van der Waals surface area contributed by atoms with Crippen molar-refractivity contribution in [2.75, 3.05) is 39.5 Å². The maximum Gasteiger partial charge on any atom is 0.243 e. The number of hydrogen-bond acceptors (Lipinski definition) is 4. The van der Waals surface area contributed by atoms with Gasteiger partial charge >= 0.3 is 0 Å². The molecule has 0 atom stereocenters. The largest absolute Gasteiger partial charge is 0.354 e. The van der Waals surface area contributed by atoms with Crippen LogP contribution in [0.2, 0.25) is 0 Å². The van der Waals surface area contributed by atoms with Crippen LogP contribution in [0.3, 0.4) is 0 Å². The Kier molecular flexibility index (Phi) is 6.35. The minimum Gasteiger partial charge on any atom is -0.354 e. The first-order valence-corrected chi connectivity index (χ1v) is 10.8. The maximum atomic E-state index is 12.8. The number of nitrogens with one attached hydrogen (secondary N) is 1. The molecule has 1 N–H and O–H groups in total. The predicted molar refractivity (Wildman–Crippen MR) is 100 cm³/mol. The van der Waals surface area contributed by atoms with Crippen molar-refractivity contribution in [1.29, 1.82) is 0 Å². The van der Waals surface area contributed by atoms with Gasteiger partial charge in [0.05, 0.1) is 10.5 Å². The van der Waals surface area contributed by atoms with Crippen molar-refractivity contribution in [3.05, 3.63) is 0 Å². The number of nitrogens with zero attached hydrogens (tertiary/aromatic N) is 3. The van der Waals surface area contributed by atoms with Crippen molar-refractivity contribution in [3.63, 3.8) is 0 Å². The number of aliphatic imine (C=N–C) groups is 1. The van der Waals surface area contributed by atoms with Crippen LogP contribution in [0.15, 0.2) is 4.99 Å². The molecule has 2 aliphatic rings. The van der Waals surface area contributed by atoms with Gasteiger partial charge in [-0.1, -0.05) is 19.3 Å². The Morgan fingerprint density at radius 2 is 1.88 bits per heavy atom. The van der Waals surface area contributed by atoms with Crippen molar-refractivity contribution in [3.8, 4) is 0 Å². The van der Waals surface area contributed by atoms with Crippen LogP contribution in [0, 0.1) is 0 Å². The van der Waals surface area contributed by atoms with Gasteiger partial charge in [-0.3, -0.25) is 4.79 Å². The lowest BCUT2D eigenvalue weighted by Crippen LogP contribution is -2.61. The summed E-state index contributed by atoms with van der Waals surface area (Å²) < 4.78 is 24.9. The third-order valence-electron chi connectivity index (χ3n) is 5.11. The lowest BCUT2D eigenvalue weighted by molar-refractivity contribution is -0.127. The van der Waals surface area contributed by atoms with Crippen LogP contribution >= 0.6 is 0 Å². The summed E-state index contributed by atoms with van der Waals surface area (Å²) in [6.07, 6.45) is 4.52. The molecule has 7 nitrogen and oxygen atoms in total. The zero-order valence-corrected chi connectivity index (χ0v) is 16.7. The van der Waals surface area contributed by atoms with Crippen LogP contribution in [0.25, 0.3) is 0 Å². The normalized spacial score (nSPS) is 22.9. The van der Waals surface area contributed by atoms with Gasteiger partial charge < -0.3 is 15.1 Å². The van der Waals surface area contributed by atoms with E-state index in [1.807, 2.05) is 18.7 Å². The monoisotopic (exact) mass is 372 g/mol. The molecule has 0 aromatic carbocycles. The fourth-order valence-corrected chi connectivity index (χ4v) is 5.75. The molecular formula is C17H32N4O3S. The summed E-state index contributed by atoms with van der Waals surface area (Å²) in [6, 6.07) is 0.161. The van der Waals surface area contributed by atoms with Crippen molar-refractivity contribution >= 4 is 21.7 Å². The molecule has 1 spiro atoms. The second-order valence-corrected chi connectivity index (χ2v) is 10.2. The molecule has 0 aromatic rings. The Labute approximate surface area is 151 Å². The molecule has 144 valence electrons. The highest BCUT2D eigenvalue weighted by Gasteiger charge is 2.48. The average Bonchev–Trinajstić information content (AvgIpc) is 2.54. The summed E-state index contributed by atoms with van der Waals surface area (Å²) in [5.74, 6) is 0.734. The number of guanidine groups is 1. The van der Waals surface area contributed by atoms with E-state index in [0.717, 1.165) is 32.1 Å². The molecule has 1 aliphatic heterocycles. The zero-order valence-electron chi connectivity index (χ0n) is 15.9. The molecule has 1 aliphatic carbocycles. The third kappa shape index (κ3) is 4.65. The van der Waals surface area contributed by atoms with E-state index < -0.39 is 14.6 Å². The fourth-order valence-electron chi connectivity index (χ4n) is 3.60. The van der Waals surface area contributed by atoms with E-state index in [0.29, 0.717) is 19.0 Å². The molecule has 1 amide bonds. The molecule has 0 aromatic heterocycles. The van der Waals surface area contributed by atoms with Gasteiger partial charge in [-0.25, -0.2) is 13.4 Å². The van der Waals surface area contributed by atoms with Crippen LogP contribution in [0.5, 0.6) is 0 Å². The van der Waals surface area contributed by atoms with Crippen LogP contribution in [0.4, 0.5) is 0 Å². The number of carbonyl (C=O) groups is 1. The van der Waals surface area contributed by atoms with Gasteiger partial charge in [-0.2, -0.15) is 0 Å². The second-order valence-electron chi connectivity index (χ2n) is 7.71. The Hall–Kier alpha value is -1.31. The highest BCUT2D eigenvalue weighted by molar-refractivity contribution is 7.92. The van der Waals surface area contributed by atoms with Crippen molar-refractivity contribution in [1.82, 2.24) is 15.1 Å². The van der Waals surface area contributed by atoms with Gasteiger partial charge in [-0.15, -0.1) is 0 Å². The van der Waals surface area contributed by atoms with Crippen LogP contribution in [0.1, 0.15) is 46.0 Å². The highest BCUT2D eigenvalue weighted by Crippen LogP contribution is 2.38. The molecule has 1 heterocycles. The summed E-state index contributed by atoms with van der Waals surface area (Å²) in [7, 11) is 0.327. The minimum absolute atomic E-state index is 0.0678. The molecule has 8 heteroatoms. The van der Waals surface area contributed by atoms with Gasteiger partial charge in [-0.05, 0) is 26.7 Å². The van der Waals surface area contributed by atoms with Gasteiger partial charge in [0, 0.05) is 33.2 Å². The molecule has 0 bridgehead atoms. The first kappa shape index (κ1) is 20.0. The highest BCUT2D eigenvalue weighted by atomic mass is 32.2. The maximum absolute atomic E-state index is 12.8. The lowest BCUT2D eigenvalue weighted by atomic mass is 9.87. The molecule has 25 heavy (non-hydrogen) atoms. The summed E-state index contributed by atoms with van der Waals surface area (Å²) >= 11 is 0. The second kappa shape index (κ2) is 7.93. The number of amides is 1. The Balaban J connectivity index is 2.22. The van der Waals surface area contributed by atoms with E-state index >= 15 is 0 Å². The number of rotatable bonds is 3. The van der Waals surface area contributed by atoms with Crippen molar-refractivity contribution in [2.45, 2.75) is 56.7 Å². The molecule has 2 fully saturated rings. The SMILES string of the molecule is CC(C)NC(=NCC(=O)N(C)C)N1CCS(=O)(=O)C2(CCCCC2)C1. The van der Waals surface area contributed by atoms with Crippen LogP contribution in [-0.2, 0) is 14.6 Å². The van der Waals surface area contributed by atoms with Crippen molar-refractivity contribution in [2.24, 2.45) is 4.99 Å². The summed E-state index contributed by atoms with van der Waals surface area (Å²) in [5, 5.41) is 3.30. The molecule has 0 unspecified atom stereocenters. The van der Waals surface area contributed by atoms with Crippen LogP contribution in [-0.4, -0.2) is 80.4 Å². The van der Waals surface area contributed by atoms with E-state index in [1.165, 1.54) is 4.90 Å². The number of sulfone groups is 1. The Bertz CT molecular complexity index is 607. The zero-order chi connectivity index (χ0) is 18.7. The average molecular weight is 373 g/mol. The van der Waals surface area contributed by atoms with E-state index in [9.17, 15) is 13.2 Å². The van der Waals surface area contributed by atoms with E-state index in [2.05, 4.69) is 10.3 Å². The molecule has 2 rings (SSSR count). The summed E-state index contributed by atoms with van der Waals surface area (Å²) in [6.45, 7) is 5.00. The van der Waals surface area contributed by atoms with E-state index in [-0.39, 0.29) is 24.2 Å². The number of hydrogen-bond donors (Lipinski definition) is 1. The smallest absolute Gasteiger partial charge is 0.243 e. The number of likely N-dealkylation sites (N-methyl/N-ethyl adjacent to an activating group) is 1. The van der Waals surface area contributed by atoms with Gasteiger partial charge in [0.1, 0.15) is 6.54 Å².